The molecule has 0 saturated heterocycles. The van der Waals surface area contributed by atoms with E-state index in [2.05, 4.69) is 41.4 Å². The largest absolute Gasteiger partial charge is 0.497 e. The first-order chi connectivity index (χ1) is 13.6. The van der Waals surface area contributed by atoms with Crippen molar-refractivity contribution in [2.75, 3.05) is 33.4 Å². The van der Waals surface area contributed by atoms with Gasteiger partial charge >= 0.3 is 0 Å². The minimum Gasteiger partial charge on any atom is -0.497 e. The van der Waals surface area contributed by atoms with Crippen molar-refractivity contribution >= 4 is 17.3 Å². The third kappa shape index (κ3) is 7.86. The zero-order chi connectivity index (χ0) is 20.2. The Morgan fingerprint density at radius 2 is 1.96 bits per heavy atom. The third-order valence-corrected chi connectivity index (χ3v) is 5.33. The highest BCUT2D eigenvalue weighted by atomic mass is 32.1. The molecule has 7 heteroatoms. The summed E-state index contributed by atoms with van der Waals surface area (Å²) in [5, 5.41) is 7.83. The van der Waals surface area contributed by atoms with Crippen LogP contribution in [0.15, 0.2) is 29.3 Å². The number of hydrogen-bond acceptors (Lipinski definition) is 5. The number of nitrogens with one attached hydrogen (secondary N) is 2. The molecule has 154 valence electrons. The van der Waals surface area contributed by atoms with Crippen LogP contribution in [-0.2, 0) is 17.8 Å². The summed E-state index contributed by atoms with van der Waals surface area (Å²) < 4.78 is 10.9. The first-order valence-corrected chi connectivity index (χ1v) is 10.6. The topological polar surface area (TPSA) is 67.8 Å². The Balaban J connectivity index is 1.64. The van der Waals surface area contributed by atoms with E-state index in [1.54, 1.807) is 18.4 Å². The predicted molar refractivity (Wildman–Crippen MR) is 117 cm³/mol. The van der Waals surface area contributed by atoms with Crippen molar-refractivity contribution in [3.05, 3.63) is 45.4 Å². The van der Waals surface area contributed by atoms with Crippen LogP contribution in [0.1, 0.15) is 34.5 Å². The van der Waals surface area contributed by atoms with E-state index >= 15 is 0 Å². The van der Waals surface area contributed by atoms with Gasteiger partial charge in [0, 0.05) is 37.5 Å². The summed E-state index contributed by atoms with van der Waals surface area (Å²) in [7, 11) is 1.67. The van der Waals surface area contributed by atoms with Crippen LogP contribution in [0.5, 0.6) is 5.75 Å². The molecule has 1 aromatic heterocycles. The highest BCUT2D eigenvalue weighted by Gasteiger charge is 2.04. The standard InChI is InChI=1S/C21H32N4O2S/c1-5-22-21(24-13-11-20-25-16(2)17(3)28-20)23-12-6-14-27-15-18-7-9-19(26-4)10-8-18/h7-10H,5-6,11-15H2,1-4H3,(H2,22,23,24). The number of benzene rings is 1. The molecule has 2 rings (SSSR count). The van der Waals surface area contributed by atoms with E-state index < -0.39 is 0 Å². The van der Waals surface area contributed by atoms with Crippen molar-refractivity contribution in [3.8, 4) is 5.75 Å². The number of aromatic nitrogens is 1. The molecule has 0 atom stereocenters. The Hall–Kier alpha value is -2.12. The van der Waals surface area contributed by atoms with Gasteiger partial charge in [-0.2, -0.15) is 0 Å². The summed E-state index contributed by atoms with van der Waals surface area (Å²) in [5.74, 6) is 1.71. The number of ether oxygens (including phenoxy) is 2. The first kappa shape index (κ1) is 22.2. The molecule has 1 aromatic carbocycles. The molecular weight excluding hydrogens is 372 g/mol. The van der Waals surface area contributed by atoms with Gasteiger partial charge in [0.2, 0.25) is 0 Å². The fraction of sp³-hybridized carbons (Fsp3) is 0.524. The van der Waals surface area contributed by atoms with Crippen molar-refractivity contribution in [2.45, 2.75) is 40.2 Å². The Morgan fingerprint density at radius 3 is 2.61 bits per heavy atom. The van der Waals surface area contributed by atoms with E-state index in [9.17, 15) is 0 Å². The lowest BCUT2D eigenvalue weighted by Gasteiger charge is -2.10. The van der Waals surface area contributed by atoms with Crippen LogP contribution in [-0.4, -0.2) is 44.3 Å². The van der Waals surface area contributed by atoms with Crippen molar-refractivity contribution in [1.82, 2.24) is 15.6 Å². The molecule has 2 N–H and O–H groups in total. The third-order valence-electron chi connectivity index (χ3n) is 4.19. The van der Waals surface area contributed by atoms with Gasteiger partial charge in [-0.05, 0) is 44.9 Å². The van der Waals surface area contributed by atoms with Crippen LogP contribution < -0.4 is 15.4 Å². The zero-order valence-corrected chi connectivity index (χ0v) is 18.2. The average Bonchev–Trinajstić information content (AvgIpc) is 3.02. The summed E-state index contributed by atoms with van der Waals surface area (Å²) in [4.78, 5) is 10.5. The molecular formula is C21H32N4O2S. The molecule has 1 heterocycles. The van der Waals surface area contributed by atoms with E-state index in [1.807, 2.05) is 24.3 Å². The lowest BCUT2D eigenvalue weighted by Crippen LogP contribution is -2.38. The Morgan fingerprint density at radius 1 is 1.18 bits per heavy atom. The second-order valence-electron chi connectivity index (χ2n) is 6.44. The van der Waals surface area contributed by atoms with Crippen LogP contribution in [0, 0.1) is 13.8 Å². The molecule has 0 fully saturated rings. The number of methoxy groups -OCH3 is 1. The first-order valence-electron chi connectivity index (χ1n) is 9.78. The van der Waals surface area contributed by atoms with Crippen LogP contribution >= 0.6 is 11.3 Å². The number of hydrogen-bond donors (Lipinski definition) is 2. The van der Waals surface area contributed by atoms with Crippen molar-refractivity contribution in [2.24, 2.45) is 4.99 Å². The summed E-state index contributed by atoms with van der Waals surface area (Å²) in [5.41, 5.74) is 2.28. The van der Waals surface area contributed by atoms with Crippen molar-refractivity contribution in [1.29, 1.82) is 0 Å². The highest BCUT2D eigenvalue weighted by Crippen LogP contribution is 2.16. The molecule has 0 aliphatic rings. The van der Waals surface area contributed by atoms with Gasteiger partial charge in [-0.25, -0.2) is 4.98 Å². The molecule has 0 radical (unpaired) electrons. The quantitative estimate of drug-likeness (QED) is 0.341. The SMILES string of the molecule is CCNC(=NCCCOCc1ccc(OC)cc1)NCCc1nc(C)c(C)s1. The van der Waals surface area contributed by atoms with Gasteiger partial charge in [-0.15, -0.1) is 11.3 Å². The Kier molecular flexibility index (Phi) is 9.79. The highest BCUT2D eigenvalue weighted by molar-refractivity contribution is 7.11. The smallest absolute Gasteiger partial charge is 0.191 e. The summed E-state index contributed by atoms with van der Waals surface area (Å²) in [6.45, 7) is 9.94. The maximum absolute atomic E-state index is 5.73. The molecule has 6 nitrogen and oxygen atoms in total. The van der Waals surface area contributed by atoms with Gasteiger partial charge < -0.3 is 20.1 Å². The van der Waals surface area contributed by atoms with Gasteiger partial charge in [-0.3, -0.25) is 4.99 Å². The fourth-order valence-electron chi connectivity index (χ4n) is 2.54. The zero-order valence-electron chi connectivity index (χ0n) is 17.4. The van der Waals surface area contributed by atoms with Crippen molar-refractivity contribution < 1.29 is 9.47 Å². The van der Waals surface area contributed by atoms with E-state index in [0.717, 1.165) is 55.4 Å². The van der Waals surface area contributed by atoms with Crippen LogP contribution in [0.2, 0.25) is 0 Å². The number of nitrogens with zero attached hydrogens (tertiary/aromatic N) is 2. The average molecular weight is 405 g/mol. The fourth-order valence-corrected chi connectivity index (χ4v) is 3.48. The Bertz CT molecular complexity index is 709. The van der Waals surface area contributed by atoms with Gasteiger partial charge in [0.05, 0.1) is 24.4 Å². The number of thiazole rings is 1. The molecule has 0 aliphatic carbocycles. The molecule has 0 bridgehead atoms. The van der Waals surface area contributed by atoms with Gasteiger partial charge in [0.15, 0.2) is 5.96 Å². The van der Waals surface area contributed by atoms with Gasteiger partial charge in [0.25, 0.3) is 0 Å². The summed E-state index contributed by atoms with van der Waals surface area (Å²) >= 11 is 1.77. The van der Waals surface area contributed by atoms with Crippen LogP contribution in [0.3, 0.4) is 0 Å². The van der Waals surface area contributed by atoms with Gasteiger partial charge in [0.1, 0.15) is 5.75 Å². The molecule has 28 heavy (non-hydrogen) atoms. The normalized spacial score (nSPS) is 11.5. The minimum atomic E-state index is 0.610. The van der Waals surface area contributed by atoms with Crippen molar-refractivity contribution in [3.63, 3.8) is 0 Å². The summed E-state index contributed by atoms with van der Waals surface area (Å²) in [6, 6.07) is 7.95. The second-order valence-corrected chi connectivity index (χ2v) is 7.73. The lowest BCUT2D eigenvalue weighted by molar-refractivity contribution is 0.120. The van der Waals surface area contributed by atoms with Crippen LogP contribution in [0.4, 0.5) is 0 Å². The second kappa shape index (κ2) is 12.4. The minimum absolute atomic E-state index is 0.610. The monoisotopic (exact) mass is 404 g/mol. The molecule has 0 amide bonds. The number of guanidine groups is 1. The number of rotatable bonds is 11. The number of aryl methyl sites for hydroxylation is 2. The van der Waals surface area contributed by atoms with E-state index in [0.29, 0.717) is 13.2 Å². The van der Waals surface area contributed by atoms with E-state index in [1.165, 1.54) is 9.88 Å². The van der Waals surface area contributed by atoms with E-state index in [4.69, 9.17) is 9.47 Å². The molecule has 0 unspecified atom stereocenters. The lowest BCUT2D eigenvalue weighted by atomic mass is 10.2. The van der Waals surface area contributed by atoms with Gasteiger partial charge in [-0.1, -0.05) is 12.1 Å². The molecule has 0 saturated carbocycles. The van der Waals surface area contributed by atoms with E-state index in [-0.39, 0.29) is 0 Å². The predicted octanol–water partition coefficient (Wildman–Crippen LogP) is 3.47. The maximum atomic E-state index is 5.73. The van der Waals surface area contributed by atoms with Crippen LogP contribution in [0.25, 0.3) is 0 Å². The Labute approximate surface area is 172 Å². The molecule has 0 spiro atoms. The maximum Gasteiger partial charge on any atom is 0.191 e. The molecule has 2 aromatic rings. The molecule has 0 aliphatic heterocycles. The summed E-state index contributed by atoms with van der Waals surface area (Å²) in [6.07, 6.45) is 1.80. The number of aliphatic imine (C=N–C) groups is 1.